The summed E-state index contributed by atoms with van der Waals surface area (Å²) in [6.07, 6.45) is 2.47. The summed E-state index contributed by atoms with van der Waals surface area (Å²) in [4.78, 5) is 0. The highest BCUT2D eigenvalue weighted by molar-refractivity contribution is 7.90. The molecule has 4 nitrogen and oxygen atoms in total. The van der Waals surface area contributed by atoms with Gasteiger partial charge in [0.05, 0.1) is 11.7 Å². The standard InChI is InChI=1S/C11H20N2O2S/c1-6-10(9-7-15-12-8(9)2)13-16(14)11(3,4)5/h7,10,13H,6H2,1-5H3/t10-,16-/m0/s1. The molecular weight excluding hydrogens is 224 g/mol. The molecular formula is C11H20N2O2S. The summed E-state index contributed by atoms with van der Waals surface area (Å²) in [6, 6.07) is 0.0336. The van der Waals surface area contributed by atoms with Crippen LogP contribution in [0.2, 0.25) is 0 Å². The smallest absolute Gasteiger partial charge is 0.136 e. The molecule has 0 aromatic carbocycles. The van der Waals surface area contributed by atoms with Gasteiger partial charge in [-0.2, -0.15) is 0 Å². The molecule has 1 aromatic heterocycles. The Kier molecular flexibility index (Phi) is 4.41. The Morgan fingerprint density at radius 3 is 2.56 bits per heavy atom. The van der Waals surface area contributed by atoms with Crippen molar-refractivity contribution < 1.29 is 9.08 Å². The van der Waals surface area contributed by atoms with Gasteiger partial charge in [0.1, 0.15) is 11.0 Å². The molecule has 0 radical (unpaired) electrons. The lowest BCUT2D eigenvalue weighted by Crippen LogP contribution is -2.41. The van der Waals surface area contributed by atoms with Crippen molar-refractivity contribution in [1.82, 2.24) is 9.88 Å². The van der Waals surface area contributed by atoms with E-state index in [1.807, 2.05) is 34.6 Å². The quantitative estimate of drug-likeness (QED) is 0.827. The zero-order valence-corrected chi connectivity index (χ0v) is 11.4. The molecule has 0 aliphatic rings. The zero-order valence-electron chi connectivity index (χ0n) is 10.5. The number of nitrogens with one attached hydrogen (secondary N) is 1. The topological polar surface area (TPSA) is 61.1 Å². The first-order valence-corrected chi connectivity index (χ1v) is 6.60. The lowest BCUT2D eigenvalue weighted by Gasteiger charge is -2.27. The molecule has 92 valence electrons. The highest BCUT2D eigenvalue weighted by Gasteiger charge is 2.30. The van der Waals surface area contributed by atoms with E-state index in [1.54, 1.807) is 6.26 Å². The zero-order chi connectivity index (χ0) is 12.3. The number of hydrogen-bond donors (Lipinski definition) is 1. The molecule has 0 amide bonds. The monoisotopic (exact) mass is 244 g/mol. The van der Waals surface area contributed by atoms with Gasteiger partial charge in [-0.05, 0) is 34.1 Å². The molecule has 0 spiro atoms. The van der Waals surface area contributed by atoms with Gasteiger partial charge in [0.15, 0.2) is 0 Å². The first-order chi connectivity index (χ1) is 7.36. The normalized spacial score (nSPS) is 16.1. The van der Waals surface area contributed by atoms with Crippen LogP contribution in [0.4, 0.5) is 0 Å². The van der Waals surface area contributed by atoms with Crippen LogP contribution in [-0.2, 0) is 11.4 Å². The largest absolute Gasteiger partial charge is 0.598 e. The summed E-state index contributed by atoms with van der Waals surface area (Å²) in [6.45, 7) is 9.78. The number of aryl methyl sites for hydroxylation is 1. The lowest BCUT2D eigenvalue weighted by atomic mass is 10.1. The van der Waals surface area contributed by atoms with Crippen molar-refractivity contribution in [3.8, 4) is 0 Å². The molecule has 0 saturated carbocycles. The minimum absolute atomic E-state index is 0.0336. The van der Waals surface area contributed by atoms with Gasteiger partial charge in [0.25, 0.3) is 0 Å². The maximum Gasteiger partial charge on any atom is 0.136 e. The minimum Gasteiger partial charge on any atom is -0.598 e. The summed E-state index contributed by atoms with van der Waals surface area (Å²) in [7, 11) is 0. The Labute approximate surface area is 100 Å². The van der Waals surface area contributed by atoms with E-state index in [0.29, 0.717) is 0 Å². The van der Waals surface area contributed by atoms with Crippen molar-refractivity contribution in [1.29, 1.82) is 0 Å². The van der Waals surface area contributed by atoms with E-state index in [9.17, 15) is 4.55 Å². The van der Waals surface area contributed by atoms with E-state index in [0.717, 1.165) is 17.7 Å². The fraction of sp³-hybridized carbons (Fsp3) is 0.727. The van der Waals surface area contributed by atoms with E-state index < -0.39 is 11.4 Å². The van der Waals surface area contributed by atoms with Crippen molar-refractivity contribution in [2.75, 3.05) is 0 Å². The second kappa shape index (κ2) is 5.21. The van der Waals surface area contributed by atoms with Crippen LogP contribution in [0.25, 0.3) is 0 Å². The van der Waals surface area contributed by atoms with Crippen molar-refractivity contribution in [2.45, 2.75) is 51.8 Å². The molecule has 5 heteroatoms. The summed E-state index contributed by atoms with van der Waals surface area (Å²) < 4.78 is 19.8. The van der Waals surface area contributed by atoms with Gasteiger partial charge in [-0.25, -0.2) is 0 Å². The SMILES string of the molecule is CC[C@H](N[S@@+]([O-])C(C)(C)C)c1conc1C. The fourth-order valence-electron chi connectivity index (χ4n) is 1.31. The van der Waals surface area contributed by atoms with Gasteiger partial charge in [0, 0.05) is 16.9 Å². The highest BCUT2D eigenvalue weighted by Crippen LogP contribution is 2.23. The Morgan fingerprint density at radius 2 is 2.19 bits per heavy atom. The van der Waals surface area contributed by atoms with E-state index in [1.165, 1.54) is 0 Å². The number of aromatic nitrogens is 1. The molecule has 1 aromatic rings. The number of hydrogen-bond acceptors (Lipinski definition) is 4. The summed E-state index contributed by atoms with van der Waals surface area (Å²) in [5, 5.41) is 3.84. The predicted octanol–water partition coefficient (Wildman–Crippen LogP) is 2.49. The summed E-state index contributed by atoms with van der Waals surface area (Å²) >= 11 is -1.08. The van der Waals surface area contributed by atoms with Crippen LogP contribution >= 0.6 is 0 Å². The highest BCUT2D eigenvalue weighted by atomic mass is 32.2. The molecule has 0 aliphatic carbocycles. The van der Waals surface area contributed by atoms with Crippen LogP contribution in [0.3, 0.4) is 0 Å². The average Bonchev–Trinajstić information content (AvgIpc) is 2.59. The summed E-state index contributed by atoms with van der Waals surface area (Å²) in [5.74, 6) is 0. The average molecular weight is 244 g/mol. The third kappa shape index (κ3) is 3.23. The Bertz CT molecular complexity index is 333. The first-order valence-electron chi connectivity index (χ1n) is 5.45. The molecule has 1 N–H and O–H groups in total. The van der Waals surface area contributed by atoms with Crippen molar-refractivity contribution in [3.63, 3.8) is 0 Å². The first kappa shape index (κ1) is 13.5. The predicted molar refractivity (Wildman–Crippen MR) is 65.3 cm³/mol. The van der Waals surface area contributed by atoms with Crippen molar-refractivity contribution in [2.24, 2.45) is 0 Å². The Hall–Kier alpha value is -0.520. The van der Waals surface area contributed by atoms with Gasteiger partial charge < -0.3 is 9.08 Å². The van der Waals surface area contributed by atoms with Crippen LogP contribution in [0.5, 0.6) is 0 Å². The van der Waals surface area contributed by atoms with Crippen molar-refractivity contribution >= 4 is 11.4 Å². The van der Waals surface area contributed by atoms with Gasteiger partial charge in [0.2, 0.25) is 0 Å². The summed E-state index contributed by atoms with van der Waals surface area (Å²) in [5.41, 5.74) is 1.84. The van der Waals surface area contributed by atoms with Gasteiger partial charge in [-0.3, -0.25) is 0 Å². The van der Waals surface area contributed by atoms with Crippen LogP contribution in [-0.4, -0.2) is 14.5 Å². The van der Waals surface area contributed by atoms with Crippen LogP contribution in [0, 0.1) is 6.92 Å². The van der Waals surface area contributed by atoms with Gasteiger partial charge >= 0.3 is 0 Å². The molecule has 0 fully saturated rings. The van der Waals surface area contributed by atoms with E-state index in [4.69, 9.17) is 4.52 Å². The molecule has 16 heavy (non-hydrogen) atoms. The Balaban J connectivity index is 2.74. The van der Waals surface area contributed by atoms with Crippen molar-refractivity contribution in [3.05, 3.63) is 17.5 Å². The van der Waals surface area contributed by atoms with E-state index in [2.05, 4.69) is 9.88 Å². The lowest BCUT2D eigenvalue weighted by molar-refractivity contribution is 0.413. The second-order valence-corrected chi connectivity index (χ2v) is 6.81. The van der Waals surface area contributed by atoms with Crippen LogP contribution < -0.4 is 4.72 Å². The molecule has 1 heterocycles. The van der Waals surface area contributed by atoms with E-state index >= 15 is 0 Å². The van der Waals surface area contributed by atoms with Gasteiger partial charge in [-0.1, -0.05) is 12.1 Å². The van der Waals surface area contributed by atoms with Crippen LogP contribution in [0.1, 0.15) is 51.4 Å². The fourth-order valence-corrected chi connectivity index (χ4v) is 2.21. The maximum absolute atomic E-state index is 12.0. The second-order valence-electron chi connectivity index (χ2n) is 4.82. The van der Waals surface area contributed by atoms with Gasteiger partial charge in [-0.15, -0.1) is 4.72 Å². The molecule has 2 atom stereocenters. The molecule has 0 aliphatic heterocycles. The molecule has 0 saturated heterocycles. The molecule has 0 bridgehead atoms. The number of nitrogens with zero attached hydrogens (tertiary/aromatic N) is 1. The maximum atomic E-state index is 12.0. The third-order valence-corrected chi connectivity index (χ3v) is 3.99. The third-order valence-electron chi connectivity index (χ3n) is 2.38. The van der Waals surface area contributed by atoms with Crippen LogP contribution in [0.15, 0.2) is 10.8 Å². The molecule has 1 rings (SSSR count). The number of rotatable bonds is 4. The van der Waals surface area contributed by atoms with E-state index in [-0.39, 0.29) is 10.8 Å². The Morgan fingerprint density at radius 1 is 1.56 bits per heavy atom. The molecule has 0 unspecified atom stereocenters. The minimum atomic E-state index is -1.08.